The zero-order chi connectivity index (χ0) is 20.5. The van der Waals surface area contributed by atoms with Gasteiger partial charge in [-0.3, -0.25) is 9.89 Å². The minimum absolute atomic E-state index is 0.0489. The van der Waals surface area contributed by atoms with Gasteiger partial charge in [-0.15, -0.1) is 0 Å². The highest BCUT2D eigenvalue weighted by atomic mass is 35.5. The second-order valence-corrected chi connectivity index (χ2v) is 7.95. The van der Waals surface area contributed by atoms with Gasteiger partial charge < -0.3 is 5.32 Å². The molecule has 5 heteroatoms. The number of hydrogen-bond acceptors (Lipinski definition) is 2. The molecule has 30 heavy (non-hydrogen) atoms. The molecule has 0 radical (unpaired) electrons. The van der Waals surface area contributed by atoms with Crippen molar-refractivity contribution in [1.82, 2.24) is 15.5 Å². The molecule has 0 fully saturated rings. The highest BCUT2D eigenvalue weighted by Crippen LogP contribution is 2.31. The Hall–Kier alpha value is -3.37. The number of rotatable bonds is 4. The first-order valence-corrected chi connectivity index (χ1v) is 10.4. The van der Waals surface area contributed by atoms with E-state index in [1.165, 1.54) is 11.1 Å². The van der Waals surface area contributed by atoms with Gasteiger partial charge in [0.1, 0.15) is 0 Å². The number of halogens is 1. The van der Waals surface area contributed by atoms with Crippen molar-refractivity contribution < 1.29 is 4.79 Å². The van der Waals surface area contributed by atoms with Crippen LogP contribution in [0.3, 0.4) is 0 Å². The number of carbonyl (C=O) groups is 1. The van der Waals surface area contributed by atoms with Crippen molar-refractivity contribution in [1.29, 1.82) is 0 Å². The highest BCUT2D eigenvalue weighted by Gasteiger charge is 2.23. The lowest BCUT2D eigenvalue weighted by atomic mass is 10.1. The highest BCUT2D eigenvalue weighted by molar-refractivity contribution is 6.30. The number of fused-ring (bicyclic) bond motifs is 1. The number of hydrogen-bond donors (Lipinski definition) is 2. The lowest BCUT2D eigenvalue weighted by molar-refractivity contribution is 0.0936. The number of aromatic amines is 1. The van der Waals surface area contributed by atoms with Gasteiger partial charge >= 0.3 is 0 Å². The Morgan fingerprint density at radius 1 is 0.967 bits per heavy atom. The van der Waals surface area contributed by atoms with Crippen molar-refractivity contribution >= 4 is 17.5 Å². The maximum absolute atomic E-state index is 12.7. The number of benzene rings is 3. The van der Waals surface area contributed by atoms with E-state index in [-0.39, 0.29) is 11.9 Å². The molecular weight excluding hydrogens is 394 g/mol. The maximum Gasteiger partial charge on any atom is 0.251 e. The summed E-state index contributed by atoms with van der Waals surface area (Å²) in [5, 5.41) is 11.3. The van der Waals surface area contributed by atoms with Crippen molar-refractivity contribution in [3.8, 4) is 22.5 Å². The first-order chi connectivity index (χ1) is 14.7. The standard InChI is InChI=1S/C25H20ClN3O/c26-20-12-9-18(10-13-20)24-15-23(28-29-24)17-5-7-19(8-6-17)25(30)27-22-14-11-16-3-1-2-4-21(16)22/h1-10,12-13,15,22H,11,14H2,(H,27,30)(H,28,29)/t22-/m1/s1. The van der Waals surface area contributed by atoms with E-state index in [2.05, 4.69) is 33.7 Å². The van der Waals surface area contributed by atoms with Gasteiger partial charge in [0.25, 0.3) is 5.91 Å². The van der Waals surface area contributed by atoms with E-state index in [0.29, 0.717) is 10.6 Å². The molecule has 0 unspecified atom stereocenters. The zero-order valence-electron chi connectivity index (χ0n) is 16.2. The van der Waals surface area contributed by atoms with Gasteiger partial charge in [0, 0.05) is 16.1 Å². The number of nitrogens with zero attached hydrogens (tertiary/aromatic N) is 1. The van der Waals surface area contributed by atoms with Crippen LogP contribution in [0.2, 0.25) is 5.02 Å². The number of nitrogens with one attached hydrogen (secondary N) is 2. The first-order valence-electron chi connectivity index (χ1n) is 9.98. The Kier molecular flexibility index (Phi) is 4.85. The fourth-order valence-corrected chi connectivity index (χ4v) is 4.11. The van der Waals surface area contributed by atoms with E-state index in [1.807, 2.05) is 60.7 Å². The van der Waals surface area contributed by atoms with Gasteiger partial charge in [0.05, 0.1) is 17.4 Å². The average Bonchev–Trinajstić information content (AvgIpc) is 3.42. The molecule has 1 aliphatic carbocycles. The molecule has 0 aliphatic heterocycles. The van der Waals surface area contributed by atoms with Crippen LogP contribution in [0.1, 0.15) is 33.9 Å². The van der Waals surface area contributed by atoms with Crippen molar-refractivity contribution in [3.63, 3.8) is 0 Å². The van der Waals surface area contributed by atoms with Crippen LogP contribution in [-0.2, 0) is 6.42 Å². The summed E-state index contributed by atoms with van der Waals surface area (Å²) in [6, 6.07) is 25.6. The summed E-state index contributed by atoms with van der Waals surface area (Å²) in [6.45, 7) is 0. The van der Waals surface area contributed by atoms with Gasteiger partial charge in [-0.1, -0.05) is 60.1 Å². The molecule has 3 aromatic carbocycles. The van der Waals surface area contributed by atoms with Crippen LogP contribution < -0.4 is 5.32 Å². The second kappa shape index (κ2) is 7.81. The Morgan fingerprint density at radius 2 is 1.70 bits per heavy atom. The van der Waals surface area contributed by atoms with Crippen LogP contribution >= 0.6 is 11.6 Å². The van der Waals surface area contributed by atoms with Crippen LogP contribution in [0.25, 0.3) is 22.5 Å². The minimum Gasteiger partial charge on any atom is -0.345 e. The third kappa shape index (κ3) is 3.62. The SMILES string of the molecule is O=C(N[C@@H]1CCc2ccccc21)c1ccc(-c2cc(-c3ccc(Cl)cc3)[nH]n2)cc1. The normalized spacial score (nSPS) is 15.0. The Labute approximate surface area is 179 Å². The van der Waals surface area contributed by atoms with Gasteiger partial charge in [-0.25, -0.2) is 0 Å². The monoisotopic (exact) mass is 413 g/mol. The molecule has 4 aromatic rings. The molecule has 1 atom stereocenters. The molecule has 0 saturated carbocycles. The maximum atomic E-state index is 12.7. The number of H-pyrrole nitrogens is 1. The first kappa shape index (κ1) is 18.6. The lowest BCUT2D eigenvalue weighted by Crippen LogP contribution is -2.27. The summed E-state index contributed by atoms with van der Waals surface area (Å²) in [4.78, 5) is 12.7. The summed E-state index contributed by atoms with van der Waals surface area (Å²) in [6.07, 6.45) is 1.96. The molecule has 0 saturated heterocycles. The van der Waals surface area contributed by atoms with Gasteiger partial charge in [0.2, 0.25) is 0 Å². The quantitative estimate of drug-likeness (QED) is 0.443. The van der Waals surface area contributed by atoms with Gasteiger partial charge in [-0.2, -0.15) is 5.10 Å². The number of amides is 1. The van der Waals surface area contributed by atoms with Gasteiger partial charge in [0.15, 0.2) is 0 Å². The zero-order valence-corrected chi connectivity index (χ0v) is 17.0. The topological polar surface area (TPSA) is 57.8 Å². The summed E-state index contributed by atoms with van der Waals surface area (Å²) in [5.41, 5.74) is 6.93. The van der Waals surface area contributed by atoms with Crippen molar-refractivity contribution in [2.75, 3.05) is 0 Å². The van der Waals surface area contributed by atoms with Crippen LogP contribution in [0, 0.1) is 0 Å². The lowest BCUT2D eigenvalue weighted by Gasteiger charge is -2.14. The third-order valence-electron chi connectivity index (χ3n) is 5.61. The Morgan fingerprint density at radius 3 is 2.50 bits per heavy atom. The summed E-state index contributed by atoms with van der Waals surface area (Å²) >= 11 is 5.96. The molecule has 0 bridgehead atoms. The van der Waals surface area contributed by atoms with E-state index in [9.17, 15) is 4.79 Å². The fraction of sp³-hybridized carbons (Fsp3) is 0.120. The molecule has 1 aromatic heterocycles. The Bertz CT molecular complexity index is 1200. The van der Waals surface area contributed by atoms with Crippen LogP contribution in [-0.4, -0.2) is 16.1 Å². The van der Waals surface area contributed by atoms with Crippen molar-refractivity contribution in [3.05, 3.63) is 101 Å². The van der Waals surface area contributed by atoms with E-state index in [0.717, 1.165) is 35.4 Å². The van der Waals surface area contributed by atoms with Crippen LogP contribution in [0.5, 0.6) is 0 Å². The van der Waals surface area contributed by atoms with E-state index < -0.39 is 0 Å². The molecule has 4 nitrogen and oxygen atoms in total. The fourth-order valence-electron chi connectivity index (χ4n) is 3.99. The van der Waals surface area contributed by atoms with Crippen LogP contribution in [0.4, 0.5) is 0 Å². The summed E-state index contributed by atoms with van der Waals surface area (Å²) in [5.74, 6) is -0.0489. The van der Waals surface area contributed by atoms with E-state index >= 15 is 0 Å². The largest absolute Gasteiger partial charge is 0.345 e. The third-order valence-corrected chi connectivity index (χ3v) is 5.87. The van der Waals surface area contributed by atoms with Crippen molar-refractivity contribution in [2.45, 2.75) is 18.9 Å². The molecule has 0 spiro atoms. The van der Waals surface area contributed by atoms with Gasteiger partial charge in [-0.05, 0) is 59.9 Å². The minimum atomic E-state index is -0.0489. The summed E-state index contributed by atoms with van der Waals surface area (Å²) in [7, 11) is 0. The van der Waals surface area contributed by atoms with E-state index in [1.54, 1.807) is 0 Å². The molecular formula is C25H20ClN3O. The number of carbonyl (C=O) groups excluding carboxylic acids is 1. The molecule has 5 rings (SSSR count). The number of aryl methyl sites for hydroxylation is 1. The predicted molar refractivity (Wildman–Crippen MR) is 119 cm³/mol. The molecule has 1 heterocycles. The smallest absolute Gasteiger partial charge is 0.251 e. The molecule has 1 aliphatic rings. The molecule has 2 N–H and O–H groups in total. The number of aromatic nitrogens is 2. The van der Waals surface area contributed by atoms with Crippen LogP contribution in [0.15, 0.2) is 78.9 Å². The Balaban J connectivity index is 1.30. The second-order valence-electron chi connectivity index (χ2n) is 7.51. The molecule has 148 valence electrons. The predicted octanol–water partition coefficient (Wildman–Crippen LogP) is 5.81. The summed E-state index contributed by atoms with van der Waals surface area (Å²) < 4.78 is 0. The van der Waals surface area contributed by atoms with E-state index in [4.69, 9.17) is 11.6 Å². The molecule has 1 amide bonds. The van der Waals surface area contributed by atoms with Crippen molar-refractivity contribution in [2.24, 2.45) is 0 Å². The average molecular weight is 414 g/mol.